The van der Waals surface area contributed by atoms with Crippen molar-refractivity contribution < 1.29 is 5.11 Å². The van der Waals surface area contributed by atoms with Crippen LogP contribution in [0.2, 0.25) is 0 Å². The Morgan fingerprint density at radius 2 is 2.09 bits per heavy atom. The van der Waals surface area contributed by atoms with E-state index in [1.165, 1.54) is 11.1 Å². The van der Waals surface area contributed by atoms with Crippen molar-refractivity contribution >= 4 is 11.8 Å². The fourth-order valence-corrected chi connectivity index (χ4v) is 2.86. The van der Waals surface area contributed by atoms with Crippen molar-refractivity contribution in [3.63, 3.8) is 0 Å². The highest BCUT2D eigenvalue weighted by Gasteiger charge is 2.23. The summed E-state index contributed by atoms with van der Waals surface area (Å²) < 4.78 is 0. The van der Waals surface area contributed by atoms with Crippen LogP contribution >= 0.6 is 0 Å². The van der Waals surface area contributed by atoms with Gasteiger partial charge in [-0.25, -0.2) is 4.98 Å². The Balaban J connectivity index is 1.78. The molecule has 0 saturated heterocycles. The minimum Gasteiger partial charge on any atom is -0.396 e. The Kier molecular flexibility index (Phi) is 4.53. The van der Waals surface area contributed by atoms with E-state index >= 15 is 0 Å². The van der Waals surface area contributed by atoms with Crippen LogP contribution in [0.25, 0.3) is 0 Å². The Morgan fingerprint density at radius 1 is 1.27 bits per heavy atom. The molecule has 1 aromatic heterocycles. The quantitative estimate of drug-likeness (QED) is 0.829. The van der Waals surface area contributed by atoms with Crippen LogP contribution in [0, 0.1) is 0 Å². The van der Waals surface area contributed by atoms with Gasteiger partial charge < -0.3 is 15.3 Å². The van der Waals surface area contributed by atoms with Crippen molar-refractivity contribution in [2.45, 2.75) is 32.4 Å². The summed E-state index contributed by atoms with van der Waals surface area (Å²) in [5.41, 5.74) is 2.80. The number of nitrogens with one attached hydrogen (secondary N) is 1. The van der Waals surface area contributed by atoms with Crippen molar-refractivity contribution in [3.8, 4) is 0 Å². The summed E-state index contributed by atoms with van der Waals surface area (Å²) in [5, 5.41) is 12.0. The average Bonchev–Trinajstić information content (AvgIpc) is 2.55. The second-order valence-corrected chi connectivity index (χ2v) is 5.69. The molecule has 0 bridgehead atoms. The van der Waals surface area contributed by atoms with Gasteiger partial charge in [-0.2, -0.15) is 4.98 Å². The molecule has 1 atom stereocenters. The molecule has 0 fully saturated rings. The van der Waals surface area contributed by atoms with Crippen LogP contribution in [0.3, 0.4) is 0 Å². The predicted molar refractivity (Wildman–Crippen MR) is 88.0 cm³/mol. The number of aliphatic hydroxyl groups excluding tert-OH is 1. The molecule has 0 amide bonds. The normalized spacial score (nSPS) is 17.2. The van der Waals surface area contributed by atoms with E-state index in [2.05, 4.69) is 51.4 Å². The molecule has 0 unspecified atom stereocenters. The smallest absolute Gasteiger partial charge is 0.224 e. The zero-order valence-electron chi connectivity index (χ0n) is 12.9. The van der Waals surface area contributed by atoms with E-state index in [1.54, 1.807) is 6.20 Å². The lowest BCUT2D eigenvalue weighted by atomic mass is 9.95. The summed E-state index contributed by atoms with van der Waals surface area (Å²) in [4.78, 5) is 11.2. The highest BCUT2D eigenvalue weighted by molar-refractivity contribution is 5.47. The first-order valence-corrected chi connectivity index (χ1v) is 7.79. The predicted octanol–water partition coefficient (Wildman–Crippen LogP) is 2.22. The summed E-state index contributed by atoms with van der Waals surface area (Å²) in [5.74, 6) is 1.57. The van der Waals surface area contributed by atoms with Gasteiger partial charge in [0.15, 0.2) is 0 Å². The first kappa shape index (κ1) is 14.8. The molecule has 1 aliphatic heterocycles. The lowest BCUT2D eigenvalue weighted by Crippen LogP contribution is -2.39. The van der Waals surface area contributed by atoms with Crippen molar-refractivity contribution in [3.05, 3.63) is 47.7 Å². The molecule has 3 rings (SSSR count). The molecular weight excluding hydrogens is 276 g/mol. The average molecular weight is 298 g/mol. The van der Waals surface area contributed by atoms with Crippen LogP contribution in [0.5, 0.6) is 0 Å². The van der Waals surface area contributed by atoms with Gasteiger partial charge in [-0.15, -0.1) is 0 Å². The van der Waals surface area contributed by atoms with Gasteiger partial charge in [0.2, 0.25) is 5.95 Å². The highest BCUT2D eigenvalue weighted by Crippen LogP contribution is 2.27. The molecule has 5 nitrogen and oxygen atoms in total. The second-order valence-electron chi connectivity index (χ2n) is 5.69. The van der Waals surface area contributed by atoms with Gasteiger partial charge in [0.05, 0.1) is 0 Å². The Labute approximate surface area is 131 Å². The first-order valence-electron chi connectivity index (χ1n) is 7.79. The van der Waals surface area contributed by atoms with Crippen molar-refractivity contribution in [2.24, 2.45) is 0 Å². The van der Waals surface area contributed by atoms with Crippen LogP contribution in [0.4, 0.5) is 11.8 Å². The molecule has 0 radical (unpaired) electrons. The van der Waals surface area contributed by atoms with Crippen molar-refractivity contribution in [1.82, 2.24) is 9.97 Å². The monoisotopic (exact) mass is 298 g/mol. The SMILES string of the molecule is C[C@@H]1Cc2ccccc2CN1c1ccnc(NCCCO)n1. The topological polar surface area (TPSA) is 61.3 Å². The van der Waals surface area contributed by atoms with Gasteiger partial charge in [-0.3, -0.25) is 0 Å². The second kappa shape index (κ2) is 6.75. The van der Waals surface area contributed by atoms with Gasteiger partial charge >= 0.3 is 0 Å². The first-order chi connectivity index (χ1) is 10.8. The largest absolute Gasteiger partial charge is 0.396 e. The van der Waals surface area contributed by atoms with Crippen LogP contribution in [0.15, 0.2) is 36.5 Å². The number of rotatable bonds is 5. The zero-order chi connectivity index (χ0) is 15.4. The summed E-state index contributed by atoms with van der Waals surface area (Å²) >= 11 is 0. The van der Waals surface area contributed by atoms with E-state index < -0.39 is 0 Å². The van der Waals surface area contributed by atoms with E-state index in [0.717, 1.165) is 18.8 Å². The number of aliphatic hydroxyl groups is 1. The standard InChI is InChI=1S/C17H22N4O/c1-13-11-14-5-2-3-6-15(14)12-21(13)16-7-9-19-17(20-16)18-8-4-10-22/h2-3,5-7,9,13,22H,4,8,10-12H2,1H3,(H,18,19,20)/t13-/m1/s1. The molecule has 116 valence electrons. The van der Waals surface area contributed by atoms with Gasteiger partial charge in [-0.05, 0) is 37.0 Å². The maximum absolute atomic E-state index is 8.84. The molecule has 5 heteroatoms. The molecule has 2 heterocycles. The van der Waals surface area contributed by atoms with Crippen LogP contribution in [-0.2, 0) is 13.0 Å². The van der Waals surface area contributed by atoms with E-state index in [0.29, 0.717) is 25.0 Å². The van der Waals surface area contributed by atoms with Crippen LogP contribution in [0.1, 0.15) is 24.5 Å². The third-order valence-corrected chi connectivity index (χ3v) is 4.06. The van der Waals surface area contributed by atoms with E-state index in [9.17, 15) is 0 Å². The number of hydrogen-bond acceptors (Lipinski definition) is 5. The summed E-state index contributed by atoms with van der Waals surface area (Å²) in [6, 6.07) is 11.0. The van der Waals surface area contributed by atoms with Crippen molar-refractivity contribution in [2.75, 3.05) is 23.4 Å². The molecule has 1 aliphatic rings. The van der Waals surface area contributed by atoms with E-state index in [-0.39, 0.29) is 6.61 Å². The number of benzene rings is 1. The number of fused-ring (bicyclic) bond motifs is 1. The minimum absolute atomic E-state index is 0.173. The van der Waals surface area contributed by atoms with Gasteiger partial charge in [0.25, 0.3) is 0 Å². The summed E-state index contributed by atoms with van der Waals surface area (Å²) in [6.45, 7) is 3.96. The van der Waals surface area contributed by atoms with Gasteiger partial charge in [-0.1, -0.05) is 24.3 Å². The summed E-state index contributed by atoms with van der Waals surface area (Å²) in [6.07, 6.45) is 3.52. The van der Waals surface area contributed by atoms with Crippen LogP contribution < -0.4 is 10.2 Å². The Bertz CT molecular complexity index is 632. The third-order valence-electron chi connectivity index (χ3n) is 4.06. The van der Waals surface area contributed by atoms with Gasteiger partial charge in [0.1, 0.15) is 5.82 Å². The number of anilines is 2. The number of nitrogens with zero attached hydrogens (tertiary/aromatic N) is 3. The number of hydrogen-bond donors (Lipinski definition) is 2. The Hall–Kier alpha value is -2.14. The molecule has 2 aromatic rings. The third kappa shape index (κ3) is 3.20. The fraction of sp³-hybridized carbons (Fsp3) is 0.412. The molecule has 0 saturated carbocycles. The minimum atomic E-state index is 0.173. The maximum Gasteiger partial charge on any atom is 0.224 e. The molecule has 0 aliphatic carbocycles. The fourth-order valence-electron chi connectivity index (χ4n) is 2.86. The zero-order valence-corrected chi connectivity index (χ0v) is 12.9. The lowest BCUT2D eigenvalue weighted by molar-refractivity contribution is 0.292. The van der Waals surface area contributed by atoms with E-state index in [4.69, 9.17) is 5.11 Å². The lowest BCUT2D eigenvalue weighted by Gasteiger charge is -2.35. The maximum atomic E-state index is 8.84. The highest BCUT2D eigenvalue weighted by atomic mass is 16.3. The van der Waals surface area contributed by atoms with Crippen molar-refractivity contribution in [1.29, 1.82) is 0 Å². The summed E-state index contributed by atoms with van der Waals surface area (Å²) in [7, 11) is 0. The molecular formula is C17H22N4O. The van der Waals surface area contributed by atoms with Crippen LogP contribution in [-0.4, -0.2) is 34.3 Å². The molecule has 0 spiro atoms. The number of aromatic nitrogens is 2. The molecule has 1 aromatic carbocycles. The van der Waals surface area contributed by atoms with Gasteiger partial charge in [0, 0.05) is 31.9 Å². The Morgan fingerprint density at radius 3 is 2.91 bits per heavy atom. The molecule has 2 N–H and O–H groups in total. The van der Waals surface area contributed by atoms with E-state index in [1.807, 2.05) is 6.07 Å². The molecule has 22 heavy (non-hydrogen) atoms.